The number of ether oxygens (including phenoxy) is 2. The fourth-order valence-electron chi connectivity index (χ4n) is 3.11. The van der Waals surface area contributed by atoms with Gasteiger partial charge in [0.25, 0.3) is 5.56 Å². The first-order valence-corrected chi connectivity index (χ1v) is 9.11. The molecule has 0 aliphatic heterocycles. The van der Waals surface area contributed by atoms with E-state index in [2.05, 4.69) is 0 Å². The van der Waals surface area contributed by atoms with E-state index in [0.717, 1.165) is 4.57 Å². The second-order valence-electron chi connectivity index (χ2n) is 6.56. The smallest absolute Gasteiger partial charge is 0.271 e. The molecule has 0 aliphatic rings. The van der Waals surface area contributed by atoms with E-state index in [9.17, 15) is 20.0 Å². The lowest BCUT2D eigenvalue weighted by Gasteiger charge is -2.19. The summed E-state index contributed by atoms with van der Waals surface area (Å²) in [5.74, 6) is 0.0480. The van der Waals surface area contributed by atoms with Gasteiger partial charge in [-0.2, -0.15) is 5.26 Å². The summed E-state index contributed by atoms with van der Waals surface area (Å²) in [6, 6.07) is 11.9. The van der Waals surface area contributed by atoms with E-state index in [1.807, 2.05) is 6.07 Å². The highest BCUT2D eigenvalue weighted by Crippen LogP contribution is 2.29. The summed E-state index contributed by atoms with van der Waals surface area (Å²) in [5.41, 5.74) is -0.998. The maximum absolute atomic E-state index is 13.2. The molecular formula is C22H20N2O6. The van der Waals surface area contributed by atoms with E-state index in [4.69, 9.17) is 13.9 Å². The summed E-state index contributed by atoms with van der Waals surface area (Å²) in [7, 11) is 1.48. The van der Waals surface area contributed by atoms with Gasteiger partial charge in [-0.05, 0) is 43.7 Å². The maximum Gasteiger partial charge on any atom is 0.271 e. The lowest BCUT2D eigenvalue weighted by molar-refractivity contribution is 0.0808. The van der Waals surface area contributed by atoms with Gasteiger partial charge in [0, 0.05) is 0 Å². The quantitative estimate of drug-likeness (QED) is 0.598. The number of aromatic nitrogens is 1. The fraction of sp³-hybridized carbons (Fsp3) is 0.227. The predicted molar refractivity (Wildman–Crippen MR) is 107 cm³/mol. The monoisotopic (exact) mass is 408 g/mol. The van der Waals surface area contributed by atoms with Crippen LogP contribution in [0.15, 0.2) is 51.9 Å². The first-order chi connectivity index (χ1) is 14.4. The Labute approximate surface area is 172 Å². The molecule has 0 saturated heterocycles. The molecule has 1 unspecified atom stereocenters. The maximum atomic E-state index is 13.2. The second kappa shape index (κ2) is 8.57. The number of Topliss-reactive ketones (excluding diaryl/α,β-unsaturated/α-hetero) is 1. The Bertz CT molecular complexity index is 1170. The van der Waals surface area contributed by atoms with Crippen molar-refractivity contribution < 1.29 is 23.8 Å². The number of ketones is 1. The minimum absolute atomic E-state index is 0.0937. The van der Waals surface area contributed by atoms with Crippen LogP contribution < -0.4 is 15.0 Å². The number of furan rings is 1. The Hall–Kier alpha value is -3.99. The zero-order chi connectivity index (χ0) is 21.8. The van der Waals surface area contributed by atoms with Crippen molar-refractivity contribution in [2.24, 2.45) is 0 Å². The van der Waals surface area contributed by atoms with Crippen molar-refractivity contribution in [3.8, 4) is 23.4 Å². The SMILES string of the molecule is COc1ccccc1OC(C)C(=O)c1c(C)c(C#N)c(=O)n(Cc2ccco2)c1O. The number of carbonyl (C=O) groups is 1. The molecule has 1 atom stereocenters. The number of carbonyl (C=O) groups excluding carboxylic acids is 1. The Morgan fingerprint density at radius 2 is 1.97 bits per heavy atom. The van der Waals surface area contributed by atoms with Gasteiger partial charge in [0.05, 0.1) is 25.5 Å². The summed E-state index contributed by atoms with van der Waals surface area (Å²) >= 11 is 0. The third-order valence-corrected chi connectivity index (χ3v) is 4.68. The van der Waals surface area contributed by atoms with Crippen LogP contribution >= 0.6 is 0 Å². The van der Waals surface area contributed by atoms with Crippen LogP contribution in [0, 0.1) is 18.3 Å². The molecule has 3 rings (SSSR count). The standard InChI is InChI=1S/C22H20N2O6/c1-13-16(11-23)21(26)24(12-15-7-6-10-29-15)22(27)19(13)20(25)14(2)30-18-9-5-4-8-17(18)28-3/h4-10,14,27H,12H2,1-3H3. The molecular weight excluding hydrogens is 388 g/mol. The zero-order valence-corrected chi connectivity index (χ0v) is 16.7. The van der Waals surface area contributed by atoms with Crippen molar-refractivity contribution >= 4 is 5.78 Å². The van der Waals surface area contributed by atoms with Crippen LogP contribution in [0.25, 0.3) is 0 Å². The lowest BCUT2D eigenvalue weighted by Crippen LogP contribution is -2.31. The average Bonchev–Trinajstić information content (AvgIpc) is 3.25. The molecule has 0 fully saturated rings. The molecule has 0 spiro atoms. The molecule has 8 nitrogen and oxygen atoms in total. The normalized spacial score (nSPS) is 11.5. The van der Waals surface area contributed by atoms with E-state index in [-0.39, 0.29) is 23.2 Å². The zero-order valence-electron chi connectivity index (χ0n) is 16.7. The van der Waals surface area contributed by atoms with Gasteiger partial charge < -0.3 is 19.0 Å². The lowest BCUT2D eigenvalue weighted by atomic mass is 9.99. The minimum atomic E-state index is -1.02. The summed E-state index contributed by atoms with van der Waals surface area (Å²) < 4.78 is 17.1. The fourth-order valence-corrected chi connectivity index (χ4v) is 3.11. The molecule has 1 N–H and O–H groups in total. The molecule has 3 aromatic rings. The molecule has 1 aromatic carbocycles. The predicted octanol–water partition coefficient (Wildman–Crippen LogP) is 3.03. The summed E-state index contributed by atoms with van der Waals surface area (Å²) in [4.78, 5) is 25.8. The van der Waals surface area contributed by atoms with Crippen LogP contribution in [0.4, 0.5) is 0 Å². The van der Waals surface area contributed by atoms with Crippen molar-refractivity contribution in [2.75, 3.05) is 7.11 Å². The van der Waals surface area contributed by atoms with Gasteiger partial charge in [0.1, 0.15) is 17.4 Å². The second-order valence-corrected chi connectivity index (χ2v) is 6.56. The van der Waals surface area contributed by atoms with Crippen LogP contribution in [-0.2, 0) is 6.54 Å². The van der Waals surface area contributed by atoms with Crippen LogP contribution in [0.1, 0.15) is 34.2 Å². The summed E-state index contributed by atoms with van der Waals surface area (Å²) in [6.07, 6.45) is 0.401. The minimum Gasteiger partial charge on any atom is -0.494 e. The molecule has 0 saturated carbocycles. The number of methoxy groups -OCH3 is 1. The number of hydrogen-bond donors (Lipinski definition) is 1. The molecule has 30 heavy (non-hydrogen) atoms. The van der Waals surface area contributed by atoms with Crippen LogP contribution in [0.2, 0.25) is 0 Å². The van der Waals surface area contributed by atoms with E-state index in [1.165, 1.54) is 27.2 Å². The Balaban J connectivity index is 2.04. The number of hydrogen-bond acceptors (Lipinski definition) is 7. The van der Waals surface area contributed by atoms with Crippen LogP contribution in [0.3, 0.4) is 0 Å². The van der Waals surface area contributed by atoms with Gasteiger partial charge in [-0.1, -0.05) is 12.1 Å². The highest BCUT2D eigenvalue weighted by Gasteiger charge is 2.28. The molecule has 8 heteroatoms. The molecule has 2 heterocycles. The molecule has 0 amide bonds. The van der Waals surface area contributed by atoms with Crippen molar-refractivity contribution in [1.29, 1.82) is 5.26 Å². The van der Waals surface area contributed by atoms with E-state index < -0.39 is 23.3 Å². The molecule has 154 valence electrons. The van der Waals surface area contributed by atoms with E-state index in [0.29, 0.717) is 17.3 Å². The Kier molecular flexibility index (Phi) is 5.93. The Morgan fingerprint density at radius 1 is 1.27 bits per heavy atom. The number of benzene rings is 1. The summed E-state index contributed by atoms with van der Waals surface area (Å²) in [5, 5.41) is 20.2. The first-order valence-electron chi connectivity index (χ1n) is 9.11. The van der Waals surface area contributed by atoms with Crippen LogP contribution in [-0.4, -0.2) is 28.7 Å². The number of para-hydroxylation sites is 2. The highest BCUT2D eigenvalue weighted by molar-refractivity contribution is 6.03. The molecule has 0 aliphatic carbocycles. The third-order valence-electron chi connectivity index (χ3n) is 4.68. The molecule has 2 aromatic heterocycles. The average molecular weight is 408 g/mol. The van der Waals surface area contributed by atoms with Crippen molar-refractivity contribution in [2.45, 2.75) is 26.5 Å². The highest BCUT2D eigenvalue weighted by atomic mass is 16.5. The van der Waals surface area contributed by atoms with Gasteiger partial charge in [-0.3, -0.25) is 14.2 Å². The first kappa shape index (κ1) is 20.7. The van der Waals surface area contributed by atoms with Crippen LogP contribution in [0.5, 0.6) is 17.4 Å². The van der Waals surface area contributed by atoms with Gasteiger partial charge in [0.2, 0.25) is 11.7 Å². The van der Waals surface area contributed by atoms with Crippen molar-refractivity contribution in [1.82, 2.24) is 4.57 Å². The molecule has 0 radical (unpaired) electrons. The third kappa shape index (κ3) is 3.78. The largest absolute Gasteiger partial charge is 0.494 e. The van der Waals surface area contributed by atoms with Gasteiger partial charge in [-0.15, -0.1) is 0 Å². The number of nitrogens with zero attached hydrogens (tertiary/aromatic N) is 2. The summed E-state index contributed by atoms with van der Waals surface area (Å²) in [6.45, 7) is 2.83. The van der Waals surface area contributed by atoms with Crippen molar-refractivity contribution in [3.63, 3.8) is 0 Å². The number of nitriles is 1. The van der Waals surface area contributed by atoms with Crippen molar-refractivity contribution in [3.05, 3.63) is 75.5 Å². The topological polar surface area (TPSA) is 115 Å². The van der Waals surface area contributed by atoms with E-state index >= 15 is 0 Å². The Morgan fingerprint density at radius 3 is 2.57 bits per heavy atom. The van der Waals surface area contributed by atoms with Gasteiger partial charge >= 0.3 is 0 Å². The molecule has 0 bridgehead atoms. The number of aromatic hydroxyl groups is 1. The van der Waals surface area contributed by atoms with Gasteiger partial charge in [0.15, 0.2) is 17.6 Å². The number of pyridine rings is 1. The number of rotatable bonds is 7. The van der Waals surface area contributed by atoms with E-state index in [1.54, 1.807) is 36.4 Å². The van der Waals surface area contributed by atoms with Gasteiger partial charge in [-0.25, -0.2) is 0 Å².